The third kappa shape index (κ3) is 2.82. The summed E-state index contributed by atoms with van der Waals surface area (Å²) < 4.78 is 7.14. The lowest BCUT2D eigenvalue weighted by atomic mass is 10.1. The quantitative estimate of drug-likeness (QED) is 0.664. The van der Waals surface area contributed by atoms with Crippen LogP contribution in [0.5, 0.6) is 0 Å². The predicted molar refractivity (Wildman–Crippen MR) is 90.7 cm³/mol. The number of carbonyl (C=O) groups is 1. The highest BCUT2D eigenvalue weighted by molar-refractivity contribution is 6.06. The summed E-state index contributed by atoms with van der Waals surface area (Å²) in [5.41, 5.74) is 1.47. The number of fused-ring (bicyclic) bond motifs is 1. The fourth-order valence-corrected chi connectivity index (χ4v) is 3.14. The topological polar surface area (TPSA) is 118 Å². The van der Waals surface area contributed by atoms with Gasteiger partial charge in [0.25, 0.3) is 11.5 Å². The van der Waals surface area contributed by atoms with Crippen molar-refractivity contribution in [3.05, 3.63) is 40.1 Å². The number of H-pyrrole nitrogens is 2. The molecule has 0 atom stereocenters. The molecule has 0 unspecified atom stereocenters. The average Bonchev–Trinajstić information content (AvgIpc) is 3.20. The van der Waals surface area contributed by atoms with Crippen LogP contribution in [0.3, 0.4) is 0 Å². The van der Waals surface area contributed by atoms with Gasteiger partial charge in [-0.05, 0) is 31.9 Å². The molecule has 0 spiro atoms. The maximum atomic E-state index is 12.8. The number of anilines is 1. The van der Waals surface area contributed by atoms with E-state index in [4.69, 9.17) is 4.74 Å². The summed E-state index contributed by atoms with van der Waals surface area (Å²) in [6.45, 7) is 3.16. The number of hydrogen-bond donors (Lipinski definition) is 3. The molecule has 1 fully saturated rings. The molecule has 1 aliphatic heterocycles. The minimum absolute atomic E-state index is 0.127. The zero-order chi connectivity index (χ0) is 17.4. The van der Waals surface area contributed by atoms with Gasteiger partial charge in [-0.2, -0.15) is 10.2 Å². The third-order valence-corrected chi connectivity index (χ3v) is 4.34. The first-order chi connectivity index (χ1) is 12.1. The fourth-order valence-electron chi connectivity index (χ4n) is 3.14. The highest BCUT2D eigenvalue weighted by atomic mass is 16.5. The first-order valence-electron chi connectivity index (χ1n) is 8.14. The van der Waals surface area contributed by atoms with Crippen LogP contribution in [0.4, 0.5) is 5.82 Å². The Hall–Kier alpha value is -2.94. The highest BCUT2D eigenvalue weighted by Crippen LogP contribution is 2.23. The van der Waals surface area contributed by atoms with Crippen LogP contribution in [-0.4, -0.2) is 44.1 Å². The second kappa shape index (κ2) is 6.17. The van der Waals surface area contributed by atoms with Crippen molar-refractivity contribution in [2.75, 3.05) is 18.5 Å². The Morgan fingerprint density at radius 2 is 2.20 bits per heavy atom. The lowest BCUT2D eigenvalue weighted by Crippen LogP contribution is -2.26. The Kier molecular flexibility index (Phi) is 3.85. The highest BCUT2D eigenvalue weighted by Gasteiger charge is 2.24. The Bertz CT molecular complexity index is 979. The minimum Gasteiger partial charge on any atom is -0.381 e. The first kappa shape index (κ1) is 15.6. The van der Waals surface area contributed by atoms with Gasteiger partial charge in [-0.15, -0.1) is 0 Å². The molecule has 0 saturated carbocycles. The monoisotopic (exact) mass is 342 g/mol. The number of nitrogens with zero attached hydrogens (tertiary/aromatic N) is 3. The smallest absolute Gasteiger partial charge is 0.275 e. The van der Waals surface area contributed by atoms with E-state index in [9.17, 15) is 9.59 Å². The van der Waals surface area contributed by atoms with Crippen molar-refractivity contribution >= 4 is 22.6 Å². The first-order valence-corrected chi connectivity index (χ1v) is 8.14. The van der Waals surface area contributed by atoms with Crippen LogP contribution in [-0.2, 0) is 4.74 Å². The van der Waals surface area contributed by atoms with Crippen molar-refractivity contribution in [1.29, 1.82) is 0 Å². The van der Waals surface area contributed by atoms with Crippen molar-refractivity contribution in [3.8, 4) is 0 Å². The Morgan fingerprint density at radius 1 is 1.40 bits per heavy atom. The number of aromatic amines is 2. The minimum atomic E-state index is -0.344. The van der Waals surface area contributed by atoms with Gasteiger partial charge in [0.15, 0.2) is 5.82 Å². The van der Waals surface area contributed by atoms with E-state index in [1.807, 2.05) is 6.92 Å². The van der Waals surface area contributed by atoms with Gasteiger partial charge in [-0.3, -0.25) is 19.4 Å². The number of aryl methyl sites for hydroxylation is 1. The second-order valence-electron chi connectivity index (χ2n) is 6.08. The molecular formula is C16H18N6O3. The SMILES string of the molecule is Cc1cc(C(=O)Nc2n[nH]c3cc[nH]c(=O)c23)n(C2CCOCC2)n1. The van der Waals surface area contributed by atoms with E-state index in [0.29, 0.717) is 29.8 Å². The van der Waals surface area contributed by atoms with Gasteiger partial charge in [0.1, 0.15) is 11.1 Å². The molecule has 25 heavy (non-hydrogen) atoms. The standard InChI is InChI=1S/C16H18N6O3/c1-9-8-12(22(21-9)10-3-6-25-7-4-10)15(23)18-14-13-11(19-20-14)2-5-17-16(13)24/h2,5,8,10H,3-4,6-7H2,1H3,(H,17,24)(H2,18,19,20,23). The molecule has 1 aliphatic rings. The number of hydrogen-bond acceptors (Lipinski definition) is 5. The summed E-state index contributed by atoms with van der Waals surface area (Å²) >= 11 is 0. The lowest BCUT2D eigenvalue weighted by Gasteiger charge is -2.23. The molecule has 4 heterocycles. The molecule has 1 saturated heterocycles. The number of ether oxygens (including phenoxy) is 1. The number of pyridine rings is 1. The number of rotatable bonds is 3. The number of nitrogens with one attached hydrogen (secondary N) is 3. The van der Waals surface area contributed by atoms with E-state index in [1.54, 1.807) is 16.8 Å². The molecule has 9 heteroatoms. The molecule has 0 bridgehead atoms. The van der Waals surface area contributed by atoms with Crippen LogP contribution in [0, 0.1) is 6.92 Å². The van der Waals surface area contributed by atoms with Crippen LogP contribution < -0.4 is 10.9 Å². The van der Waals surface area contributed by atoms with Gasteiger partial charge in [0.2, 0.25) is 0 Å². The van der Waals surface area contributed by atoms with Gasteiger partial charge in [0.05, 0.1) is 17.3 Å². The summed E-state index contributed by atoms with van der Waals surface area (Å²) in [4.78, 5) is 27.4. The van der Waals surface area contributed by atoms with Crippen LogP contribution in [0.25, 0.3) is 10.9 Å². The molecule has 1 amide bonds. The molecule has 3 N–H and O–H groups in total. The second-order valence-corrected chi connectivity index (χ2v) is 6.08. The number of amides is 1. The molecule has 0 aliphatic carbocycles. The molecule has 9 nitrogen and oxygen atoms in total. The van der Waals surface area contributed by atoms with Crippen LogP contribution in [0.15, 0.2) is 23.1 Å². The predicted octanol–water partition coefficient (Wildman–Crippen LogP) is 1.36. The van der Waals surface area contributed by atoms with Crippen LogP contribution >= 0.6 is 0 Å². The largest absolute Gasteiger partial charge is 0.381 e. The average molecular weight is 342 g/mol. The zero-order valence-corrected chi connectivity index (χ0v) is 13.7. The molecule has 130 valence electrons. The fraction of sp³-hybridized carbons (Fsp3) is 0.375. The van der Waals surface area contributed by atoms with E-state index in [1.165, 1.54) is 6.20 Å². The van der Waals surface area contributed by atoms with Crippen molar-refractivity contribution in [2.45, 2.75) is 25.8 Å². The summed E-state index contributed by atoms with van der Waals surface area (Å²) in [6.07, 6.45) is 3.15. The van der Waals surface area contributed by atoms with Crippen molar-refractivity contribution in [1.82, 2.24) is 25.0 Å². The molecular weight excluding hydrogens is 324 g/mol. The van der Waals surface area contributed by atoms with E-state index in [2.05, 4.69) is 25.6 Å². The number of carbonyl (C=O) groups excluding carboxylic acids is 1. The normalized spacial score (nSPS) is 15.6. The van der Waals surface area contributed by atoms with Gasteiger partial charge >= 0.3 is 0 Å². The molecule has 3 aromatic rings. The molecule has 3 aromatic heterocycles. The van der Waals surface area contributed by atoms with E-state index < -0.39 is 0 Å². The lowest BCUT2D eigenvalue weighted by molar-refractivity contribution is 0.0646. The molecule has 0 aromatic carbocycles. The Balaban J connectivity index is 1.66. The summed E-state index contributed by atoms with van der Waals surface area (Å²) in [5, 5.41) is 14.3. The van der Waals surface area contributed by atoms with Gasteiger partial charge in [0, 0.05) is 19.4 Å². The summed E-state index contributed by atoms with van der Waals surface area (Å²) in [6, 6.07) is 3.56. The number of aromatic nitrogens is 5. The molecule has 4 rings (SSSR count). The van der Waals surface area contributed by atoms with Gasteiger partial charge in [-0.25, -0.2) is 0 Å². The van der Waals surface area contributed by atoms with Crippen molar-refractivity contribution < 1.29 is 9.53 Å². The summed E-state index contributed by atoms with van der Waals surface area (Å²) in [5.74, 6) is -0.136. The van der Waals surface area contributed by atoms with Crippen LogP contribution in [0.1, 0.15) is 35.1 Å². The van der Waals surface area contributed by atoms with Crippen molar-refractivity contribution in [2.24, 2.45) is 0 Å². The Morgan fingerprint density at radius 3 is 3.00 bits per heavy atom. The summed E-state index contributed by atoms with van der Waals surface area (Å²) in [7, 11) is 0. The maximum Gasteiger partial charge on any atom is 0.275 e. The van der Waals surface area contributed by atoms with Gasteiger partial charge < -0.3 is 15.0 Å². The van der Waals surface area contributed by atoms with Gasteiger partial charge in [-0.1, -0.05) is 0 Å². The van der Waals surface area contributed by atoms with E-state index in [-0.39, 0.29) is 23.3 Å². The maximum absolute atomic E-state index is 12.8. The third-order valence-electron chi connectivity index (χ3n) is 4.34. The van der Waals surface area contributed by atoms with E-state index in [0.717, 1.165) is 18.5 Å². The Labute approximate surface area is 142 Å². The van der Waals surface area contributed by atoms with Crippen molar-refractivity contribution in [3.63, 3.8) is 0 Å². The molecule has 0 radical (unpaired) electrons. The van der Waals surface area contributed by atoms with E-state index >= 15 is 0 Å². The van der Waals surface area contributed by atoms with Crippen LogP contribution in [0.2, 0.25) is 0 Å². The zero-order valence-electron chi connectivity index (χ0n) is 13.7.